The van der Waals surface area contributed by atoms with Crippen molar-refractivity contribution in [3.63, 3.8) is 0 Å². The fourth-order valence-corrected chi connectivity index (χ4v) is 4.77. The van der Waals surface area contributed by atoms with Gasteiger partial charge in [-0.1, -0.05) is 60.5 Å². The van der Waals surface area contributed by atoms with Gasteiger partial charge in [-0.05, 0) is 17.2 Å². The number of benzene rings is 2. The van der Waals surface area contributed by atoms with Crippen LogP contribution in [0, 0.1) is 12.3 Å². The number of urea groups is 1. The van der Waals surface area contributed by atoms with E-state index in [4.69, 9.17) is 6.42 Å². The van der Waals surface area contributed by atoms with Crippen molar-refractivity contribution in [2.75, 3.05) is 19.6 Å². The Morgan fingerprint density at radius 2 is 1.87 bits per heavy atom. The molecule has 38 heavy (non-hydrogen) atoms. The van der Waals surface area contributed by atoms with Crippen LogP contribution in [0.15, 0.2) is 78.5 Å². The Kier molecular flexibility index (Phi) is 7.57. The van der Waals surface area contributed by atoms with Gasteiger partial charge in [-0.2, -0.15) is 13.2 Å². The van der Waals surface area contributed by atoms with Crippen molar-refractivity contribution in [3.8, 4) is 12.3 Å². The highest BCUT2D eigenvalue weighted by Gasteiger charge is 2.48. The van der Waals surface area contributed by atoms with E-state index >= 15 is 0 Å². The normalized spacial score (nSPS) is 18.0. The van der Waals surface area contributed by atoms with Gasteiger partial charge in [-0.3, -0.25) is 14.5 Å². The Hall–Kier alpha value is -4.52. The summed E-state index contributed by atoms with van der Waals surface area (Å²) in [6.07, 6.45) is 2.16. The summed E-state index contributed by atoms with van der Waals surface area (Å²) in [5.74, 6) is 1.16. The summed E-state index contributed by atoms with van der Waals surface area (Å²) in [6.45, 7) is 3.45. The molecule has 2 aromatic rings. The van der Waals surface area contributed by atoms with Crippen LogP contribution in [0.4, 0.5) is 18.0 Å². The number of hydrogen-bond acceptors (Lipinski definition) is 3. The number of amides is 4. The van der Waals surface area contributed by atoms with E-state index in [1.807, 2.05) is 6.07 Å². The van der Waals surface area contributed by atoms with Gasteiger partial charge in [0.2, 0.25) is 5.91 Å². The quantitative estimate of drug-likeness (QED) is 0.412. The van der Waals surface area contributed by atoms with Crippen LogP contribution in [0.5, 0.6) is 0 Å². The molecule has 2 heterocycles. The molecule has 2 unspecified atom stereocenters. The molecule has 4 rings (SSSR count). The number of carbonyl (C=O) groups is 3. The fourth-order valence-electron chi connectivity index (χ4n) is 4.77. The van der Waals surface area contributed by atoms with Crippen LogP contribution in [-0.2, 0) is 22.2 Å². The summed E-state index contributed by atoms with van der Waals surface area (Å²) >= 11 is 0. The predicted molar refractivity (Wildman–Crippen MR) is 134 cm³/mol. The standard InChI is InChI=1S/C28H25F3N4O3/c1-3-14-32-25(36)21(16-18-10-6-5-7-11-18)35-17-22-23(26(35)37)24(33-27(38)34(22)15-4-2)19-12-8-9-13-20(19)28(29,30)31/h1,4-13,21,24H,2,14-17H2,(H,32,36)(H,33,38). The van der Waals surface area contributed by atoms with Crippen molar-refractivity contribution in [3.05, 3.63) is 95.2 Å². The molecule has 0 radical (unpaired) electrons. The van der Waals surface area contributed by atoms with E-state index in [1.165, 1.54) is 34.1 Å². The minimum absolute atomic E-state index is 0.0199. The first-order valence-electron chi connectivity index (χ1n) is 11.8. The van der Waals surface area contributed by atoms with E-state index < -0.39 is 41.7 Å². The van der Waals surface area contributed by atoms with E-state index in [1.54, 1.807) is 24.3 Å². The molecule has 0 saturated heterocycles. The Bertz CT molecular complexity index is 1330. The molecule has 7 nitrogen and oxygen atoms in total. The lowest BCUT2D eigenvalue weighted by Gasteiger charge is -2.33. The number of nitrogens with zero attached hydrogens (tertiary/aromatic N) is 2. The van der Waals surface area contributed by atoms with E-state index in [0.29, 0.717) is 0 Å². The van der Waals surface area contributed by atoms with Crippen LogP contribution in [0.2, 0.25) is 0 Å². The maximum Gasteiger partial charge on any atom is 0.416 e. The van der Waals surface area contributed by atoms with E-state index in [-0.39, 0.29) is 42.9 Å². The van der Waals surface area contributed by atoms with E-state index in [2.05, 4.69) is 23.1 Å². The molecule has 2 N–H and O–H groups in total. The zero-order valence-corrected chi connectivity index (χ0v) is 20.3. The molecule has 0 aromatic heterocycles. The molecule has 0 bridgehead atoms. The minimum Gasteiger partial charge on any atom is -0.343 e. The van der Waals surface area contributed by atoms with E-state index in [0.717, 1.165) is 11.6 Å². The van der Waals surface area contributed by atoms with Gasteiger partial charge in [0.1, 0.15) is 6.04 Å². The topological polar surface area (TPSA) is 81.8 Å². The van der Waals surface area contributed by atoms with Crippen molar-refractivity contribution < 1.29 is 27.6 Å². The van der Waals surface area contributed by atoms with Crippen molar-refractivity contribution in [2.45, 2.75) is 24.7 Å². The number of carbonyl (C=O) groups excluding carboxylic acids is 3. The lowest BCUT2D eigenvalue weighted by atomic mass is 9.91. The Morgan fingerprint density at radius 1 is 1.18 bits per heavy atom. The van der Waals surface area contributed by atoms with Crippen LogP contribution in [-0.4, -0.2) is 53.3 Å². The molecule has 0 spiro atoms. The summed E-state index contributed by atoms with van der Waals surface area (Å²) in [7, 11) is 0. The summed E-state index contributed by atoms with van der Waals surface area (Å²) in [6, 6.07) is 10.7. The summed E-state index contributed by atoms with van der Waals surface area (Å²) in [5.41, 5.74) is -0.254. The fraction of sp³-hybridized carbons (Fsp3) is 0.250. The third-order valence-electron chi connectivity index (χ3n) is 6.45. The molecule has 2 aromatic carbocycles. The zero-order valence-electron chi connectivity index (χ0n) is 20.3. The highest BCUT2D eigenvalue weighted by Crippen LogP contribution is 2.42. The number of halogens is 3. The number of alkyl halides is 3. The zero-order chi connectivity index (χ0) is 27.4. The van der Waals surface area contributed by atoms with Gasteiger partial charge >= 0.3 is 12.2 Å². The van der Waals surface area contributed by atoms with Crippen molar-refractivity contribution in [1.82, 2.24) is 20.4 Å². The first-order valence-corrected chi connectivity index (χ1v) is 11.8. The molecule has 4 amide bonds. The van der Waals surface area contributed by atoms with Crippen molar-refractivity contribution in [1.29, 1.82) is 0 Å². The van der Waals surface area contributed by atoms with Crippen molar-refractivity contribution in [2.24, 2.45) is 0 Å². The average Bonchev–Trinajstić information content (AvgIpc) is 3.24. The molecular weight excluding hydrogens is 497 g/mol. The van der Waals surface area contributed by atoms with Gasteiger partial charge in [0.15, 0.2) is 0 Å². The second-order valence-electron chi connectivity index (χ2n) is 8.79. The van der Waals surface area contributed by atoms with Crippen molar-refractivity contribution >= 4 is 17.8 Å². The predicted octanol–water partition coefficient (Wildman–Crippen LogP) is 3.41. The molecule has 2 atom stereocenters. The van der Waals surface area contributed by atoms with Crippen LogP contribution in [0.1, 0.15) is 22.7 Å². The van der Waals surface area contributed by atoms with Gasteiger partial charge in [0.05, 0.1) is 36.0 Å². The van der Waals surface area contributed by atoms with Crippen LogP contribution in [0.25, 0.3) is 0 Å². The molecule has 0 aliphatic carbocycles. The van der Waals surface area contributed by atoms with Crippen LogP contribution < -0.4 is 10.6 Å². The van der Waals surface area contributed by atoms with Gasteiger partial charge in [0, 0.05) is 13.0 Å². The minimum atomic E-state index is -4.72. The lowest BCUT2D eigenvalue weighted by Crippen LogP contribution is -2.50. The second kappa shape index (κ2) is 10.8. The van der Waals surface area contributed by atoms with E-state index in [9.17, 15) is 27.6 Å². The molecule has 196 valence electrons. The number of rotatable bonds is 8. The number of nitrogens with one attached hydrogen (secondary N) is 2. The Balaban J connectivity index is 1.79. The molecule has 0 saturated carbocycles. The maximum atomic E-state index is 13.9. The Labute approximate surface area is 218 Å². The van der Waals surface area contributed by atoms with Crippen LogP contribution >= 0.6 is 0 Å². The van der Waals surface area contributed by atoms with Crippen LogP contribution in [0.3, 0.4) is 0 Å². The third-order valence-corrected chi connectivity index (χ3v) is 6.45. The monoisotopic (exact) mass is 522 g/mol. The smallest absolute Gasteiger partial charge is 0.343 e. The SMILES string of the molecule is C#CCNC(=O)C(Cc1ccccc1)N1CC2=C(C1=O)C(c1ccccc1C(F)(F)F)NC(=O)N2CC=C. The van der Waals surface area contributed by atoms with Gasteiger partial charge < -0.3 is 15.5 Å². The average molecular weight is 523 g/mol. The number of terminal acetylenes is 1. The largest absolute Gasteiger partial charge is 0.416 e. The molecular formula is C28H25F3N4O3. The second-order valence-corrected chi connectivity index (χ2v) is 8.79. The number of hydrogen-bond donors (Lipinski definition) is 2. The highest BCUT2D eigenvalue weighted by molar-refractivity contribution is 6.03. The van der Waals surface area contributed by atoms with Gasteiger partial charge in [-0.25, -0.2) is 4.79 Å². The molecule has 0 fully saturated rings. The summed E-state index contributed by atoms with van der Waals surface area (Å²) in [5, 5.41) is 5.16. The Morgan fingerprint density at radius 3 is 2.53 bits per heavy atom. The molecule has 2 aliphatic heterocycles. The maximum absolute atomic E-state index is 13.9. The highest BCUT2D eigenvalue weighted by atomic mass is 19.4. The summed E-state index contributed by atoms with van der Waals surface area (Å²) < 4.78 is 41.7. The first kappa shape index (κ1) is 26.5. The third kappa shape index (κ3) is 5.13. The lowest BCUT2D eigenvalue weighted by molar-refractivity contribution is -0.138. The first-order chi connectivity index (χ1) is 18.2. The van der Waals surface area contributed by atoms with Gasteiger partial charge in [0.25, 0.3) is 5.91 Å². The summed E-state index contributed by atoms with van der Waals surface area (Å²) in [4.78, 5) is 42.7. The molecule has 10 heteroatoms. The van der Waals surface area contributed by atoms with Gasteiger partial charge in [-0.15, -0.1) is 13.0 Å². The molecule has 2 aliphatic rings.